The molecular formula is C11H11BrOS. The Kier molecular flexibility index (Phi) is 2.91. The monoisotopic (exact) mass is 270 g/mol. The quantitative estimate of drug-likeness (QED) is 0.827. The lowest BCUT2D eigenvalue weighted by molar-refractivity contribution is 0.284. The zero-order chi connectivity index (χ0) is 10.1. The van der Waals surface area contributed by atoms with Crippen LogP contribution >= 0.6 is 27.3 Å². The molecule has 0 saturated carbocycles. The molecule has 2 rings (SSSR count). The predicted octanol–water partition coefficient (Wildman–Crippen LogP) is 3.60. The van der Waals surface area contributed by atoms with Crippen molar-refractivity contribution in [2.24, 2.45) is 0 Å². The van der Waals surface area contributed by atoms with Crippen molar-refractivity contribution in [1.29, 1.82) is 0 Å². The molecule has 0 unspecified atom stereocenters. The van der Waals surface area contributed by atoms with E-state index in [9.17, 15) is 5.11 Å². The molecule has 1 aromatic heterocycles. The van der Waals surface area contributed by atoms with Gasteiger partial charge in [0.15, 0.2) is 0 Å². The second-order valence-corrected chi connectivity index (χ2v) is 4.79. The Labute approximate surface area is 95.5 Å². The van der Waals surface area contributed by atoms with Gasteiger partial charge in [-0.25, -0.2) is 0 Å². The molecule has 1 N–H and O–H groups in total. The van der Waals surface area contributed by atoms with E-state index in [4.69, 9.17) is 0 Å². The first-order valence-corrected chi connectivity index (χ1v) is 6.42. The van der Waals surface area contributed by atoms with E-state index in [2.05, 4.69) is 35.0 Å². The first kappa shape index (κ1) is 10.1. The van der Waals surface area contributed by atoms with Crippen molar-refractivity contribution in [2.45, 2.75) is 18.9 Å². The third kappa shape index (κ3) is 1.60. The molecule has 0 fully saturated rings. The maximum atomic E-state index is 9.17. The smallest absolute Gasteiger partial charge is 0.0696 e. The predicted molar refractivity (Wildman–Crippen MR) is 65.1 cm³/mol. The molecule has 3 heteroatoms. The fourth-order valence-corrected chi connectivity index (χ4v) is 3.33. The molecule has 0 radical (unpaired) electrons. The maximum Gasteiger partial charge on any atom is 0.0696 e. The SMILES string of the molecule is Cc1cc(CBr)c2scc(CO)c2c1. The van der Waals surface area contributed by atoms with E-state index in [1.807, 2.05) is 5.38 Å². The molecule has 74 valence electrons. The van der Waals surface area contributed by atoms with Crippen molar-refractivity contribution in [1.82, 2.24) is 0 Å². The number of alkyl halides is 1. The van der Waals surface area contributed by atoms with Gasteiger partial charge in [0.25, 0.3) is 0 Å². The number of hydrogen-bond donors (Lipinski definition) is 1. The standard InChI is InChI=1S/C11H11BrOS/c1-7-2-8(4-12)11-10(3-7)9(5-13)6-14-11/h2-3,6,13H,4-5H2,1H3. The summed E-state index contributed by atoms with van der Waals surface area (Å²) >= 11 is 5.20. The Hall–Kier alpha value is -0.380. The van der Waals surface area contributed by atoms with Gasteiger partial charge < -0.3 is 5.11 Å². The van der Waals surface area contributed by atoms with Crippen LogP contribution in [0.15, 0.2) is 17.5 Å². The number of aliphatic hydroxyl groups excluding tert-OH is 1. The Morgan fingerprint density at radius 2 is 2.14 bits per heavy atom. The highest BCUT2D eigenvalue weighted by Crippen LogP contribution is 2.31. The zero-order valence-corrected chi connectivity index (χ0v) is 10.3. The van der Waals surface area contributed by atoms with E-state index >= 15 is 0 Å². The lowest BCUT2D eigenvalue weighted by Crippen LogP contribution is -1.84. The first-order valence-electron chi connectivity index (χ1n) is 4.42. The second-order valence-electron chi connectivity index (χ2n) is 3.35. The third-order valence-electron chi connectivity index (χ3n) is 2.29. The molecule has 1 aromatic carbocycles. The minimum Gasteiger partial charge on any atom is -0.392 e. The zero-order valence-electron chi connectivity index (χ0n) is 7.88. The molecule has 1 heterocycles. The third-order valence-corrected chi connectivity index (χ3v) is 4.01. The van der Waals surface area contributed by atoms with E-state index in [1.54, 1.807) is 11.3 Å². The largest absolute Gasteiger partial charge is 0.392 e. The topological polar surface area (TPSA) is 20.2 Å². The fourth-order valence-electron chi connectivity index (χ4n) is 1.64. The molecule has 0 amide bonds. The number of aryl methyl sites for hydroxylation is 1. The van der Waals surface area contributed by atoms with E-state index in [0.29, 0.717) is 0 Å². The van der Waals surface area contributed by atoms with E-state index < -0.39 is 0 Å². The highest BCUT2D eigenvalue weighted by molar-refractivity contribution is 9.08. The summed E-state index contributed by atoms with van der Waals surface area (Å²) in [7, 11) is 0. The number of benzene rings is 1. The van der Waals surface area contributed by atoms with Gasteiger partial charge in [-0.05, 0) is 28.8 Å². The lowest BCUT2D eigenvalue weighted by Gasteiger charge is -2.02. The van der Waals surface area contributed by atoms with Crippen molar-refractivity contribution in [3.63, 3.8) is 0 Å². The van der Waals surface area contributed by atoms with Gasteiger partial charge >= 0.3 is 0 Å². The van der Waals surface area contributed by atoms with Gasteiger partial charge in [0.2, 0.25) is 0 Å². The fraction of sp³-hybridized carbons (Fsp3) is 0.273. The summed E-state index contributed by atoms with van der Waals surface area (Å²) in [5.74, 6) is 0. The van der Waals surface area contributed by atoms with E-state index in [-0.39, 0.29) is 6.61 Å². The van der Waals surface area contributed by atoms with Crippen LogP contribution in [0.1, 0.15) is 16.7 Å². The first-order chi connectivity index (χ1) is 6.76. The molecular weight excluding hydrogens is 260 g/mol. The van der Waals surface area contributed by atoms with Gasteiger partial charge in [-0.2, -0.15) is 0 Å². The molecule has 0 atom stereocenters. The van der Waals surface area contributed by atoms with Crippen LogP contribution in [0.25, 0.3) is 10.1 Å². The van der Waals surface area contributed by atoms with Gasteiger partial charge in [-0.15, -0.1) is 11.3 Å². The van der Waals surface area contributed by atoms with Crippen LogP contribution in [-0.4, -0.2) is 5.11 Å². The normalized spacial score (nSPS) is 11.1. The Bertz CT molecular complexity index is 462. The van der Waals surface area contributed by atoms with Crippen molar-refractivity contribution in [3.8, 4) is 0 Å². The molecule has 1 nitrogen and oxygen atoms in total. The Morgan fingerprint density at radius 1 is 1.36 bits per heavy atom. The van der Waals surface area contributed by atoms with Crippen molar-refractivity contribution >= 4 is 37.4 Å². The molecule has 2 aromatic rings. The van der Waals surface area contributed by atoms with Crippen LogP contribution in [0.3, 0.4) is 0 Å². The van der Waals surface area contributed by atoms with E-state index in [1.165, 1.54) is 21.2 Å². The summed E-state index contributed by atoms with van der Waals surface area (Å²) in [6, 6.07) is 4.33. The molecule has 14 heavy (non-hydrogen) atoms. The Balaban J connectivity index is 2.76. The van der Waals surface area contributed by atoms with Crippen LogP contribution in [0, 0.1) is 6.92 Å². The molecule has 0 aliphatic rings. The van der Waals surface area contributed by atoms with Crippen molar-refractivity contribution in [3.05, 3.63) is 34.2 Å². The summed E-state index contributed by atoms with van der Waals surface area (Å²) in [4.78, 5) is 0. The minimum atomic E-state index is 0.130. The van der Waals surface area contributed by atoms with Crippen molar-refractivity contribution in [2.75, 3.05) is 0 Å². The van der Waals surface area contributed by atoms with Gasteiger partial charge in [0.1, 0.15) is 0 Å². The number of halogens is 1. The van der Waals surface area contributed by atoms with Gasteiger partial charge in [-0.1, -0.05) is 33.6 Å². The number of fused-ring (bicyclic) bond motifs is 1. The molecule has 0 aliphatic carbocycles. The summed E-state index contributed by atoms with van der Waals surface area (Å²) in [6.45, 7) is 2.22. The van der Waals surface area contributed by atoms with Gasteiger partial charge in [0.05, 0.1) is 6.61 Å². The second kappa shape index (κ2) is 4.01. The molecule has 0 saturated heterocycles. The van der Waals surface area contributed by atoms with Crippen molar-refractivity contribution < 1.29 is 5.11 Å². The van der Waals surface area contributed by atoms with Crippen LogP contribution in [0.2, 0.25) is 0 Å². The summed E-state index contributed by atoms with van der Waals surface area (Å²) in [5, 5.41) is 13.3. The summed E-state index contributed by atoms with van der Waals surface area (Å²) in [5.41, 5.74) is 3.60. The van der Waals surface area contributed by atoms with Crippen LogP contribution in [-0.2, 0) is 11.9 Å². The summed E-state index contributed by atoms with van der Waals surface area (Å²) in [6.07, 6.45) is 0. The van der Waals surface area contributed by atoms with Crippen LogP contribution in [0.4, 0.5) is 0 Å². The Morgan fingerprint density at radius 3 is 2.79 bits per heavy atom. The van der Waals surface area contributed by atoms with E-state index in [0.717, 1.165) is 10.9 Å². The highest BCUT2D eigenvalue weighted by Gasteiger charge is 2.07. The average Bonchev–Trinajstić information content (AvgIpc) is 2.59. The van der Waals surface area contributed by atoms with Gasteiger partial charge in [0, 0.05) is 10.0 Å². The molecule has 0 aliphatic heterocycles. The van der Waals surface area contributed by atoms with Crippen LogP contribution in [0.5, 0.6) is 0 Å². The highest BCUT2D eigenvalue weighted by atomic mass is 79.9. The number of hydrogen-bond acceptors (Lipinski definition) is 2. The minimum absolute atomic E-state index is 0.130. The summed E-state index contributed by atoms with van der Waals surface area (Å²) < 4.78 is 1.29. The number of aliphatic hydroxyl groups is 1. The lowest BCUT2D eigenvalue weighted by atomic mass is 10.1. The molecule has 0 spiro atoms. The number of rotatable bonds is 2. The molecule has 0 bridgehead atoms. The van der Waals surface area contributed by atoms with Gasteiger partial charge in [-0.3, -0.25) is 0 Å². The number of thiophene rings is 1. The maximum absolute atomic E-state index is 9.17. The average molecular weight is 271 g/mol. The van der Waals surface area contributed by atoms with Crippen LogP contribution < -0.4 is 0 Å².